The van der Waals surface area contributed by atoms with Gasteiger partial charge in [-0.15, -0.1) is 0 Å². The molecular weight excluding hydrogens is 432 g/mol. The van der Waals surface area contributed by atoms with Crippen LogP contribution in [0.1, 0.15) is 19.8 Å². The molecule has 3 aromatic rings. The summed E-state index contributed by atoms with van der Waals surface area (Å²) in [5, 5.41) is 6.55. The number of amides is 1. The van der Waals surface area contributed by atoms with E-state index in [0.717, 1.165) is 19.4 Å². The molecule has 4 rings (SSSR count). The Balaban J connectivity index is 1.57. The second-order valence-corrected chi connectivity index (χ2v) is 8.06. The van der Waals surface area contributed by atoms with Crippen LogP contribution in [0.25, 0.3) is 11.2 Å². The van der Waals surface area contributed by atoms with Crippen molar-refractivity contribution in [3.8, 4) is 0 Å². The van der Waals surface area contributed by atoms with Crippen LogP contribution in [0.2, 0.25) is 10.0 Å². The van der Waals surface area contributed by atoms with Gasteiger partial charge in [-0.1, -0.05) is 23.2 Å². The lowest BCUT2D eigenvalue weighted by Gasteiger charge is -2.32. The first-order valence-electron chi connectivity index (χ1n) is 9.45. The van der Waals surface area contributed by atoms with Crippen LogP contribution >= 0.6 is 23.2 Å². The predicted octanol–water partition coefficient (Wildman–Crippen LogP) is 3.98. The third-order valence-electron chi connectivity index (χ3n) is 5.06. The number of fused-ring (bicyclic) bond motifs is 1. The topological polar surface area (TPSA) is 88.0 Å². The maximum absolute atomic E-state index is 14.3. The number of carbonyl (C=O) groups is 1. The summed E-state index contributed by atoms with van der Waals surface area (Å²) in [6.07, 6.45) is 3.45. The summed E-state index contributed by atoms with van der Waals surface area (Å²) >= 11 is 11.9. The van der Waals surface area contributed by atoms with Crippen molar-refractivity contribution in [3.63, 3.8) is 0 Å². The van der Waals surface area contributed by atoms with Gasteiger partial charge in [-0.3, -0.25) is 9.36 Å². The maximum Gasteiger partial charge on any atom is 0.225 e. The molecule has 0 aliphatic carbocycles. The number of aryl methyl sites for hydroxylation is 1. The van der Waals surface area contributed by atoms with Crippen LogP contribution in [-0.4, -0.2) is 49.5 Å². The SMILES string of the molecule is CC(=O)N1CCC[C@@H](Nc2ncc3nc(Nc4c(F)cc(Cl)cc4Cl)n(C)c3n2)C1. The largest absolute Gasteiger partial charge is 0.350 e. The Morgan fingerprint density at radius 3 is 2.83 bits per heavy atom. The van der Waals surface area contributed by atoms with Gasteiger partial charge in [0.15, 0.2) is 5.65 Å². The van der Waals surface area contributed by atoms with Crippen molar-refractivity contribution in [3.05, 3.63) is 34.2 Å². The summed E-state index contributed by atoms with van der Waals surface area (Å²) in [5.74, 6) is 0.289. The van der Waals surface area contributed by atoms with E-state index in [0.29, 0.717) is 29.6 Å². The highest BCUT2D eigenvalue weighted by atomic mass is 35.5. The third kappa shape index (κ3) is 4.13. The number of hydrogen-bond acceptors (Lipinski definition) is 6. The minimum atomic E-state index is -0.583. The van der Waals surface area contributed by atoms with E-state index in [9.17, 15) is 9.18 Å². The van der Waals surface area contributed by atoms with Gasteiger partial charge in [0, 0.05) is 38.1 Å². The molecule has 8 nitrogen and oxygen atoms in total. The van der Waals surface area contributed by atoms with Gasteiger partial charge < -0.3 is 15.5 Å². The number of likely N-dealkylation sites (tertiary alicyclic amines) is 1. The molecular formula is C19H20Cl2FN7O. The molecule has 1 aliphatic rings. The van der Waals surface area contributed by atoms with E-state index in [4.69, 9.17) is 23.2 Å². The summed E-state index contributed by atoms with van der Waals surface area (Å²) in [4.78, 5) is 26.8. The molecule has 1 amide bonds. The van der Waals surface area contributed by atoms with E-state index in [2.05, 4.69) is 25.6 Å². The minimum absolute atomic E-state index is 0.0633. The molecule has 11 heteroatoms. The Bertz CT molecular complexity index is 1100. The fourth-order valence-electron chi connectivity index (χ4n) is 3.50. The van der Waals surface area contributed by atoms with Gasteiger partial charge in [0.05, 0.1) is 16.9 Å². The quantitative estimate of drug-likeness (QED) is 0.623. The monoisotopic (exact) mass is 451 g/mol. The molecule has 0 unspecified atom stereocenters. The zero-order valence-electron chi connectivity index (χ0n) is 16.4. The second kappa shape index (κ2) is 8.23. The molecule has 158 valence electrons. The number of hydrogen-bond donors (Lipinski definition) is 2. The highest BCUT2D eigenvalue weighted by Gasteiger charge is 2.22. The smallest absolute Gasteiger partial charge is 0.225 e. The molecule has 1 fully saturated rings. The van der Waals surface area contributed by atoms with Gasteiger partial charge in [0.25, 0.3) is 0 Å². The lowest BCUT2D eigenvalue weighted by molar-refractivity contribution is -0.129. The lowest BCUT2D eigenvalue weighted by atomic mass is 10.1. The molecule has 1 saturated heterocycles. The van der Waals surface area contributed by atoms with Crippen molar-refractivity contribution >= 4 is 57.9 Å². The highest BCUT2D eigenvalue weighted by molar-refractivity contribution is 6.36. The van der Waals surface area contributed by atoms with Crippen LogP contribution in [0.5, 0.6) is 0 Å². The fraction of sp³-hybridized carbons (Fsp3) is 0.368. The van der Waals surface area contributed by atoms with Gasteiger partial charge in [0.1, 0.15) is 11.3 Å². The molecule has 0 spiro atoms. The lowest BCUT2D eigenvalue weighted by Crippen LogP contribution is -2.44. The van der Waals surface area contributed by atoms with Crippen molar-refractivity contribution < 1.29 is 9.18 Å². The molecule has 0 bridgehead atoms. The Kier molecular flexibility index (Phi) is 5.66. The summed E-state index contributed by atoms with van der Waals surface area (Å²) in [6, 6.07) is 2.70. The third-order valence-corrected chi connectivity index (χ3v) is 5.57. The van der Waals surface area contributed by atoms with Crippen LogP contribution < -0.4 is 10.6 Å². The second-order valence-electron chi connectivity index (χ2n) is 7.21. The van der Waals surface area contributed by atoms with Gasteiger partial charge in [-0.2, -0.15) is 4.98 Å². The number of anilines is 3. The number of benzene rings is 1. The number of piperidine rings is 1. The average molecular weight is 452 g/mol. The molecule has 1 aromatic carbocycles. The maximum atomic E-state index is 14.3. The predicted molar refractivity (Wildman–Crippen MR) is 115 cm³/mol. The van der Waals surface area contributed by atoms with Gasteiger partial charge in [0.2, 0.25) is 17.8 Å². The van der Waals surface area contributed by atoms with Crippen molar-refractivity contribution in [2.24, 2.45) is 7.05 Å². The number of nitrogens with zero attached hydrogens (tertiary/aromatic N) is 5. The number of aromatic nitrogens is 4. The highest BCUT2D eigenvalue weighted by Crippen LogP contribution is 2.32. The van der Waals surface area contributed by atoms with E-state index < -0.39 is 5.82 Å². The fourth-order valence-corrected chi connectivity index (χ4v) is 4.02. The van der Waals surface area contributed by atoms with Crippen LogP contribution in [0.3, 0.4) is 0 Å². The number of rotatable bonds is 4. The van der Waals surface area contributed by atoms with E-state index in [-0.39, 0.29) is 27.7 Å². The van der Waals surface area contributed by atoms with E-state index in [1.165, 1.54) is 12.1 Å². The van der Waals surface area contributed by atoms with Crippen LogP contribution in [0, 0.1) is 5.82 Å². The molecule has 1 aliphatic heterocycles. The van der Waals surface area contributed by atoms with Crippen molar-refractivity contribution in [1.82, 2.24) is 24.4 Å². The molecule has 2 N–H and O–H groups in total. The van der Waals surface area contributed by atoms with Crippen molar-refractivity contribution in [2.75, 3.05) is 23.7 Å². The minimum Gasteiger partial charge on any atom is -0.350 e. The summed E-state index contributed by atoms with van der Waals surface area (Å²) < 4.78 is 16.0. The number of halogens is 3. The number of nitrogens with one attached hydrogen (secondary N) is 2. The van der Waals surface area contributed by atoms with Crippen molar-refractivity contribution in [2.45, 2.75) is 25.8 Å². The molecule has 3 heterocycles. The first-order chi connectivity index (χ1) is 14.3. The Hall–Kier alpha value is -2.65. The normalized spacial score (nSPS) is 16.7. The zero-order valence-corrected chi connectivity index (χ0v) is 17.9. The van der Waals surface area contributed by atoms with E-state index in [1.807, 2.05) is 4.90 Å². The zero-order chi connectivity index (χ0) is 21.4. The van der Waals surface area contributed by atoms with Gasteiger partial charge in [-0.05, 0) is 25.0 Å². The molecule has 0 radical (unpaired) electrons. The van der Waals surface area contributed by atoms with Crippen LogP contribution in [0.4, 0.5) is 22.0 Å². The molecule has 30 heavy (non-hydrogen) atoms. The Morgan fingerprint density at radius 1 is 1.30 bits per heavy atom. The summed E-state index contributed by atoms with van der Waals surface area (Å²) in [6.45, 7) is 2.96. The summed E-state index contributed by atoms with van der Waals surface area (Å²) in [7, 11) is 1.76. The number of imidazole rings is 1. The van der Waals surface area contributed by atoms with E-state index in [1.54, 1.807) is 24.7 Å². The van der Waals surface area contributed by atoms with Crippen LogP contribution in [0.15, 0.2) is 18.3 Å². The number of carbonyl (C=O) groups excluding carboxylic acids is 1. The first kappa shape index (κ1) is 20.6. The Morgan fingerprint density at radius 2 is 2.10 bits per heavy atom. The van der Waals surface area contributed by atoms with Crippen LogP contribution in [-0.2, 0) is 11.8 Å². The standard InChI is InChI=1S/C19H20Cl2FN7O/c1-10(30)29-5-3-4-12(9-29)24-18-23-8-15-17(27-18)28(2)19(25-15)26-16-13(21)6-11(20)7-14(16)22/h6-8,12H,3-5,9H2,1-2H3,(H,25,26)(H,23,24,27)/t12-/m1/s1. The summed E-state index contributed by atoms with van der Waals surface area (Å²) in [5.41, 5.74) is 1.20. The van der Waals surface area contributed by atoms with Gasteiger partial charge >= 0.3 is 0 Å². The van der Waals surface area contributed by atoms with Crippen molar-refractivity contribution in [1.29, 1.82) is 0 Å². The van der Waals surface area contributed by atoms with E-state index >= 15 is 0 Å². The first-order valence-corrected chi connectivity index (χ1v) is 10.2. The molecule has 0 saturated carbocycles. The Labute approximate surface area is 182 Å². The molecule has 2 aromatic heterocycles. The average Bonchev–Trinajstić information content (AvgIpc) is 3.00. The molecule has 1 atom stereocenters. The van der Waals surface area contributed by atoms with Gasteiger partial charge in [-0.25, -0.2) is 14.4 Å².